The average molecular weight is 881 g/mol. The lowest BCUT2D eigenvalue weighted by atomic mass is 9.74. The minimum absolute atomic E-state index is 0.0152. The summed E-state index contributed by atoms with van der Waals surface area (Å²) in [5.41, 5.74) is -1.93. The summed E-state index contributed by atoms with van der Waals surface area (Å²) in [5.74, 6) is -6.08. The van der Waals surface area contributed by atoms with Crippen molar-refractivity contribution in [1.29, 1.82) is 0 Å². The molecule has 324 valence electrons. The fraction of sp³-hybridized carbons (Fsp3) is 0.707. The monoisotopic (exact) mass is 879 g/mol. The van der Waals surface area contributed by atoms with Crippen LogP contribution in [0, 0.1) is 23.7 Å². The highest BCUT2D eigenvalue weighted by atomic mass is 79.9. The van der Waals surface area contributed by atoms with Crippen molar-refractivity contribution in [3.05, 3.63) is 34.9 Å². The van der Waals surface area contributed by atoms with Gasteiger partial charge < -0.3 is 44.1 Å². The Hall–Kier alpha value is -3.32. The Morgan fingerprint density at radius 2 is 1.76 bits per heavy atom. The Labute approximate surface area is 349 Å². The number of nitrogens with zero attached hydrogens (tertiary/aromatic N) is 4. The van der Waals surface area contributed by atoms with Gasteiger partial charge in [-0.25, -0.2) is 4.79 Å². The molecule has 58 heavy (non-hydrogen) atoms. The van der Waals surface area contributed by atoms with Crippen LogP contribution in [0.3, 0.4) is 0 Å². The third-order valence-electron chi connectivity index (χ3n) is 11.8. The topological polar surface area (TPSA) is 201 Å². The van der Waals surface area contributed by atoms with Crippen molar-refractivity contribution in [3.8, 4) is 11.3 Å². The van der Waals surface area contributed by atoms with Gasteiger partial charge in [-0.1, -0.05) is 61.0 Å². The molecule has 17 heteroatoms. The summed E-state index contributed by atoms with van der Waals surface area (Å²) >= 11 is 3.45. The molecule has 1 aromatic carbocycles. The number of hydrogen-bond donors (Lipinski definition) is 3. The molecular weight excluding hydrogens is 818 g/mol. The number of Topliss-reactive ketones (excluding diaryl/α,β-unsaturated/α-hetero) is 2. The zero-order valence-corrected chi connectivity index (χ0v) is 37.1. The van der Waals surface area contributed by atoms with Crippen LogP contribution in [0.15, 0.2) is 34.9 Å². The van der Waals surface area contributed by atoms with Gasteiger partial charge in [-0.3, -0.25) is 19.1 Å². The Balaban J connectivity index is 1.62. The minimum atomic E-state index is -2.08. The number of amides is 1. The number of carbonyl (C=O) groups excluding carboxylic acids is 4. The first kappa shape index (κ1) is 47.4. The SMILES string of the molecule is CC[C@H]1OC(=O)[C@H](C)C(=O)[C@H](C)[C@@H](O[C@H]2O[C@@H](C)C[C@@H](N(C)C)[C@@H]2O)[C@](C)(OC)C[C@@H](C)C(=O)[C@H](C)[C@@H](OC(=O)NCCn2cc(-c3cccc(Br)c3)nn2)[C@]1(C)O. The van der Waals surface area contributed by atoms with Gasteiger partial charge in [0.15, 0.2) is 12.1 Å². The molecule has 2 aliphatic heterocycles. The smallest absolute Gasteiger partial charge is 0.407 e. The van der Waals surface area contributed by atoms with Gasteiger partial charge in [-0.2, -0.15) is 0 Å². The number of aliphatic hydroxyl groups is 2. The standard InChI is InChI=1S/C41H62BrN5O11/c1-12-31-41(8,53)36(58-39(52)43-16-17-47-21-29(44-45-47)27-14-13-15-28(42)19-27)24(4)32(48)22(2)20-40(7,54-11)35(25(5)33(49)26(6)37(51)56-31)57-38-34(50)30(46(9)10)18-23(3)55-38/h13-15,19,21-26,30-31,34-36,38,50,53H,12,16-18,20H2,1-11H3,(H,43,52)/t22-,23+,24+,25+,26-,30-,31-,34+,35-,36-,38-,40-,41-/m1/s1. The number of alkyl carbamates (subject to hydrolysis) is 1. The number of ketones is 2. The van der Waals surface area contributed by atoms with Crippen molar-refractivity contribution in [2.45, 2.75) is 135 Å². The van der Waals surface area contributed by atoms with Crippen molar-refractivity contribution < 1.29 is 53.1 Å². The highest BCUT2D eigenvalue weighted by Crippen LogP contribution is 2.39. The van der Waals surface area contributed by atoms with Crippen LogP contribution in [-0.2, 0) is 44.6 Å². The molecule has 4 rings (SSSR count). The molecule has 13 atom stereocenters. The Kier molecular flexibility index (Phi) is 16.2. The number of aliphatic hydroxyl groups excluding tert-OH is 1. The van der Waals surface area contributed by atoms with E-state index in [2.05, 4.69) is 31.6 Å². The summed E-state index contributed by atoms with van der Waals surface area (Å²) in [6.07, 6.45) is -5.00. The van der Waals surface area contributed by atoms with Crippen LogP contribution in [0.25, 0.3) is 11.3 Å². The Bertz CT molecular complexity index is 1740. The van der Waals surface area contributed by atoms with E-state index in [0.29, 0.717) is 12.1 Å². The van der Waals surface area contributed by atoms with E-state index in [1.54, 1.807) is 45.5 Å². The average Bonchev–Trinajstić information content (AvgIpc) is 3.65. The lowest BCUT2D eigenvalue weighted by Gasteiger charge is -2.47. The van der Waals surface area contributed by atoms with Crippen LogP contribution < -0.4 is 5.32 Å². The summed E-state index contributed by atoms with van der Waals surface area (Å²) in [5, 5.41) is 34.5. The van der Waals surface area contributed by atoms with E-state index in [9.17, 15) is 29.4 Å². The van der Waals surface area contributed by atoms with E-state index >= 15 is 0 Å². The summed E-state index contributed by atoms with van der Waals surface area (Å²) in [6, 6.07) is 7.28. The van der Waals surface area contributed by atoms with E-state index in [-0.39, 0.29) is 43.9 Å². The number of ether oxygens (including phenoxy) is 5. The normalized spacial score (nSPS) is 35.6. The molecule has 0 unspecified atom stereocenters. The number of aromatic nitrogens is 3. The molecular formula is C41H62BrN5O11. The molecule has 2 saturated heterocycles. The molecule has 0 bridgehead atoms. The van der Waals surface area contributed by atoms with Gasteiger partial charge in [0.25, 0.3) is 0 Å². The van der Waals surface area contributed by atoms with E-state index < -0.39 is 83.4 Å². The number of benzene rings is 1. The number of hydrogen-bond acceptors (Lipinski definition) is 14. The van der Waals surface area contributed by atoms with Crippen LogP contribution >= 0.6 is 15.9 Å². The molecule has 0 saturated carbocycles. The third-order valence-corrected chi connectivity index (χ3v) is 12.3. The Morgan fingerprint density at radius 3 is 2.38 bits per heavy atom. The second-order valence-electron chi connectivity index (χ2n) is 16.5. The van der Waals surface area contributed by atoms with Crippen molar-refractivity contribution in [1.82, 2.24) is 25.2 Å². The molecule has 2 aromatic rings. The largest absolute Gasteiger partial charge is 0.459 e. The van der Waals surface area contributed by atoms with Gasteiger partial charge in [0, 0.05) is 41.6 Å². The maximum atomic E-state index is 14.4. The third kappa shape index (κ3) is 10.9. The quantitative estimate of drug-likeness (QED) is 0.227. The van der Waals surface area contributed by atoms with Gasteiger partial charge in [0.1, 0.15) is 41.3 Å². The van der Waals surface area contributed by atoms with E-state index in [1.807, 2.05) is 50.2 Å². The molecule has 1 amide bonds. The number of methoxy groups -OCH3 is 1. The first-order valence-electron chi connectivity index (χ1n) is 20.0. The van der Waals surface area contributed by atoms with Gasteiger partial charge in [-0.15, -0.1) is 5.10 Å². The molecule has 0 aliphatic carbocycles. The second-order valence-corrected chi connectivity index (χ2v) is 17.5. The molecule has 0 radical (unpaired) electrons. The second kappa shape index (κ2) is 19.8. The van der Waals surface area contributed by atoms with Crippen LogP contribution in [0.2, 0.25) is 0 Å². The maximum Gasteiger partial charge on any atom is 0.407 e. The number of esters is 1. The van der Waals surface area contributed by atoms with Crippen molar-refractivity contribution in [2.24, 2.45) is 23.7 Å². The van der Waals surface area contributed by atoms with E-state index in [4.69, 9.17) is 23.7 Å². The fourth-order valence-corrected chi connectivity index (χ4v) is 8.66. The van der Waals surface area contributed by atoms with E-state index in [0.717, 1.165) is 10.0 Å². The number of cyclic esters (lactones) is 1. The number of carbonyl (C=O) groups is 4. The van der Waals surface area contributed by atoms with Crippen molar-refractivity contribution in [2.75, 3.05) is 27.7 Å². The predicted octanol–water partition coefficient (Wildman–Crippen LogP) is 4.18. The lowest BCUT2D eigenvalue weighted by Crippen LogP contribution is -2.60. The maximum absolute atomic E-state index is 14.4. The summed E-state index contributed by atoms with van der Waals surface area (Å²) < 4.78 is 32.9. The summed E-state index contributed by atoms with van der Waals surface area (Å²) in [6.45, 7) is 13.2. The van der Waals surface area contributed by atoms with Gasteiger partial charge in [-0.05, 0) is 73.2 Å². The zero-order valence-electron chi connectivity index (χ0n) is 35.5. The summed E-state index contributed by atoms with van der Waals surface area (Å²) in [7, 11) is 5.13. The first-order chi connectivity index (χ1) is 27.1. The molecule has 2 aliphatic rings. The number of halogens is 1. The molecule has 16 nitrogen and oxygen atoms in total. The molecule has 3 heterocycles. The highest BCUT2D eigenvalue weighted by Gasteiger charge is 2.53. The fourth-order valence-electron chi connectivity index (χ4n) is 8.26. The molecule has 2 fully saturated rings. The van der Waals surface area contributed by atoms with Crippen LogP contribution in [0.4, 0.5) is 4.79 Å². The van der Waals surface area contributed by atoms with Crippen LogP contribution in [0.1, 0.15) is 74.7 Å². The van der Waals surface area contributed by atoms with Crippen molar-refractivity contribution in [3.63, 3.8) is 0 Å². The molecule has 0 spiro atoms. The number of rotatable bonds is 10. The van der Waals surface area contributed by atoms with Crippen molar-refractivity contribution >= 4 is 39.6 Å². The van der Waals surface area contributed by atoms with Crippen LogP contribution in [-0.4, -0.2) is 136 Å². The highest BCUT2D eigenvalue weighted by molar-refractivity contribution is 9.10. The molecule has 1 aromatic heterocycles. The number of likely N-dealkylation sites (N-methyl/N-ethyl adjacent to an activating group) is 1. The minimum Gasteiger partial charge on any atom is -0.459 e. The van der Waals surface area contributed by atoms with E-state index in [1.165, 1.54) is 21.0 Å². The van der Waals surface area contributed by atoms with Gasteiger partial charge in [0.05, 0.1) is 36.5 Å². The Morgan fingerprint density at radius 1 is 1.09 bits per heavy atom. The van der Waals surface area contributed by atoms with Gasteiger partial charge in [0.2, 0.25) is 0 Å². The summed E-state index contributed by atoms with van der Waals surface area (Å²) in [4.78, 5) is 57.7. The molecule has 3 N–H and O–H groups in total. The van der Waals surface area contributed by atoms with Crippen LogP contribution in [0.5, 0.6) is 0 Å². The number of nitrogens with one attached hydrogen (secondary N) is 1. The predicted molar refractivity (Wildman–Crippen MR) is 216 cm³/mol. The zero-order chi connectivity index (χ0) is 43.3. The first-order valence-corrected chi connectivity index (χ1v) is 20.8. The van der Waals surface area contributed by atoms with Gasteiger partial charge >= 0.3 is 12.1 Å². The lowest BCUT2D eigenvalue weighted by molar-refractivity contribution is -0.295.